The van der Waals surface area contributed by atoms with E-state index >= 15 is 0 Å². The molecule has 170 valence electrons. The zero-order chi connectivity index (χ0) is 22.6. The first-order valence-corrected chi connectivity index (χ1v) is 11.4. The van der Waals surface area contributed by atoms with Crippen LogP contribution in [0.2, 0.25) is 0 Å². The number of carbonyl (C=O) groups is 2. The molecule has 1 spiro atoms. The number of rotatable bonds is 4. The molecule has 32 heavy (non-hydrogen) atoms. The Hall–Kier alpha value is -3.03. The topological polar surface area (TPSA) is 94.5 Å². The number of anilines is 1. The zero-order valence-electron chi connectivity index (χ0n) is 19.0. The third-order valence-corrected chi connectivity index (χ3v) is 7.53. The standard InChI is InChI=1S/C24H30N4O4/c1-5-28-14(3)21(13(2)27-28)25-22(29)19-10-16-7-6-15(19)12-24(16)26-23(30)18-9-8-17(31-4)11-20(18)32-24/h8-9,11,15-16,19H,5-7,10,12H2,1-4H3,(H,25,29)(H,26,30)/t15-,16+,19-,24+/m0/s1. The second-order valence-corrected chi connectivity index (χ2v) is 9.24. The van der Waals surface area contributed by atoms with Crippen molar-refractivity contribution < 1.29 is 19.1 Å². The van der Waals surface area contributed by atoms with E-state index in [-0.39, 0.29) is 29.6 Å². The summed E-state index contributed by atoms with van der Waals surface area (Å²) < 4.78 is 13.7. The lowest BCUT2D eigenvalue weighted by molar-refractivity contribution is -0.142. The molecule has 1 aromatic carbocycles. The summed E-state index contributed by atoms with van der Waals surface area (Å²) in [5, 5.41) is 10.8. The molecule has 3 saturated carbocycles. The first-order valence-electron chi connectivity index (χ1n) is 11.4. The number of benzene rings is 1. The van der Waals surface area contributed by atoms with Crippen molar-refractivity contribution in [2.75, 3.05) is 12.4 Å². The predicted octanol–water partition coefficient (Wildman–Crippen LogP) is 3.42. The Labute approximate surface area is 187 Å². The summed E-state index contributed by atoms with van der Waals surface area (Å²) in [6, 6.07) is 5.27. The van der Waals surface area contributed by atoms with E-state index < -0.39 is 5.72 Å². The molecule has 2 N–H and O–H groups in total. The minimum atomic E-state index is -0.755. The largest absolute Gasteiger partial charge is 0.497 e. The van der Waals surface area contributed by atoms with Crippen LogP contribution >= 0.6 is 0 Å². The van der Waals surface area contributed by atoms with E-state index in [2.05, 4.69) is 15.7 Å². The Balaban J connectivity index is 1.36. The number of aromatic nitrogens is 2. The molecule has 2 bridgehead atoms. The van der Waals surface area contributed by atoms with Crippen LogP contribution in [0.3, 0.4) is 0 Å². The van der Waals surface area contributed by atoms with Crippen LogP contribution in [0.1, 0.15) is 54.4 Å². The molecule has 0 saturated heterocycles. The summed E-state index contributed by atoms with van der Waals surface area (Å²) in [6.07, 6.45) is 3.21. The summed E-state index contributed by atoms with van der Waals surface area (Å²) in [5.74, 6) is 1.25. The molecule has 1 aromatic heterocycles. The molecule has 4 aliphatic rings. The highest BCUT2D eigenvalue weighted by atomic mass is 16.5. The van der Waals surface area contributed by atoms with Gasteiger partial charge in [0.25, 0.3) is 5.91 Å². The average molecular weight is 439 g/mol. The van der Waals surface area contributed by atoms with Crippen molar-refractivity contribution in [2.24, 2.45) is 17.8 Å². The van der Waals surface area contributed by atoms with E-state index in [1.54, 1.807) is 25.3 Å². The SMILES string of the molecule is CCn1nc(C)c(NC(=O)[C@H]2C[C@H]3CC[C@H]2C[C@]32NC(=O)c3ccc(OC)cc3O2)c1C. The number of fused-ring (bicyclic) bond motifs is 3. The van der Waals surface area contributed by atoms with Crippen molar-refractivity contribution in [1.82, 2.24) is 15.1 Å². The molecule has 8 nitrogen and oxygen atoms in total. The third-order valence-electron chi connectivity index (χ3n) is 7.53. The van der Waals surface area contributed by atoms with Gasteiger partial charge in [0, 0.05) is 30.9 Å². The van der Waals surface area contributed by atoms with Crippen molar-refractivity contribution in [2.45, 2.75) is 58.7 Å². The summed E-state index contributed by atoms with van der Waals surface area (Å²) in [4.78, 5) is 26.2. The van der Waals surface area contributed by atoms with Gasteiger partial charge in [-0.05, 0) is 58.1 Å². The van der Waals surface area contributed by atoms with Crippen molar-refractivity contribution in [3.05, 3.63) is 35.2 Å². The predicted molar refractivity (Wildman–Crippen MR) is 119 cm³/mol. The summed E-state index contributed by atoms with van der Waals surface area (Å²) in [6.45, 7) is 6.71. The van der Waals surface area contributed by atoms with Crippen LogP contribution in [0, 0.1) is 31.6 Å². The number of amides is 2. The number of hydrogen-bond donors (Lipinski definition) is 2. The van der Waals surface area contributed by atoms with E-state index in [0.717, 1.165) is 36.5 Å². The number of methoxy groups -OCH3 is 1. The van der Waals surface area contributed by atoms with Gasteiger partial charge in [0.05, 0.1) is 29.7 Å². The van der Waals surface area contributed by atoms with Gasteiger partial charge in [-0.15, -0.1) is 0 Å². The molecule has 2 heterocycles. The van der Waals surface area contributed by atoms with Crippen molar-refractivity contribution in [3.63, 3.8) is 0 Å². The number of carbonyl (C=O) groups excluding carboxylic acids is 2. The summed E-state index contributed by atoms with van der Waals surface area (Å²) >= 11 is 0. The highest BCUT2D eigenvalue weighted by molar-refractivity contribution is 5.99. The Bertz CT molecular complexity index is 1090. The summed E-state index contributed by atoms with van der Waals surface area (Å²) in [5.41, 5.74) is 2.39. The van der Waals surface area contributed by atoms with Crippen molar-refractivity contribution in [3.8, 4) is 11.5 Å². The number of nitrogens with zero attached hydrogens (tertiary/aromatic N) is 2. The fraction of sp³-hybridized carbons (Fsp3) is 0.542. The molecule has 3 aliphatic carbocycles. The van der Waals surface area contributed by atoms with E-state index in [4.69, 9.17) is 9.47 Å². The lowest BCUT2D eigenvalue weighted by atomic mass is 9.60. The number of hydrogen-bond acceptors (Lipinski definition) is 5. The fourth-order valence-electron chi connectivity index (χ4n) is 5.84. The van der Waals surface area contributed by atoms with Crippen LogP contribution in [0.15, 0.2) is 18.2 Å². The normalized spacial score (nSPS) is 28.1. The fourth-order valence-corrected chi connectivity index (χ4v) is 5.84. The minimum Gasteiger partial charge on any atom is -0.497 e. The zero-order valence-corrected chi connectivity index (χ0v) is 19.0. The molecule has 0 radical (unpaired) electrons. The van der Waals surface area contributed by atoms with Crippen LogP contribution < -0.4 is 20.1 Å². The van der Waals surface area contributed by atoms with E-state index in [1.807, 2.05) is 25.5 Å². The molecule has 1 aliphatic heterocycles. The Morgan fingerprint density at radius 1 is 1.38 bits per heavy atom. The van der Waals surface area contributed by atoms with Crippen LogP contribution in [0.25, 0.3) is 0 Å². The lowest BCUT2D eigenvalue weighted by Gasteiger charge is -2.55. The van der Waals surface area contributed by atoms with Crippen LogP contribution in [0.5, 0.6) is 11.5 Å². The van der Waals surface area contributed by atoms with Gasteiger partial charge in [0.15, 0.2) is 5.72 Å². The maximum Gasteiger partial charge on any atom is 0.258 e. The third kappa shape index (κ3) is 3.15. The van der Waals surface area contributed by atoms with Crippen LogP contribution in [0.4, 0.5) is 5.69 Å². The Morgan fingerprint density at radius 3 is 2.84 bits per heavy atom. The van der Waals surface area contributed by atoms with Crippen molar-refractivity contribution >= 4 is 17.5 Å². The van der Waals surface area contributed by atoms with Crippen molar-refractivity contribution in [1.29, 1.82) is 0 Å². The molecule has 6 rings (SSSR count). The molecule has 4 atom stereocenters. The van der Waals surface area contributed by atoms with Gasteiger partial charge in [-0.3, -0.25) is 14.3 Å². The smallest absolute Gasteiger partial charge is 0.258 e. The molecule has 8 heteroatoms. The Kier molecular flexibility index (Phi) is 4.91. The molecular formula is C24H30N4O4. The highest BCUT2D eigenvalue weighted by Crippen LogP contribution is 2.53. The molecule has 2 amide bonds. The highest BCUT2D eigenvalue weighted by Gasteiger charge is 2.57. The number of aryl methyl sites for hydroxylation is 2. The van der Waals surface area contributed by atoms with Gasteiger partial charge >= 0.3 is 0 Å². The van der Waals surface area contributed by atoms with Crippen LogP contribution in [-0.4, -0.2) is 34.4 Å². The monoisotopic (exact) mass is 438 g/mol. The van der Waals surface area contributed by atoms with Gasteiger partial charge in [0.1, 0.15) is 11.5 Å². The maximum atomic E-state index is 13.3. The summed E-state index contributed by atoms with van der Waals surface area (Å²) in [7, 11) is 1.60. The molecule has 3 fully saturated rings. The van der Waals surface area contributed by atoms with Gasteiger partial charge < -0.3 is 20.1 Å². The van der Waals surface area contributed by atoms with E-state index in [9.17, 15) is 9.59 Å². The quantitative estimate of drug-likeness (QED) is 0.763. The molecule has 2 aromatic rings. The number of nitrogens with one attached hydrogen (secondary N) is 2. The van der Waals surface area contributed by atoms with E-state index in [1.165, 1.54) is 0 Å². The molecular weight excluding hydrogens is 408 g/mol. The Morgan fingerprint density at radius 2 is 2.19 bits per heavy atom. The molecule has 0 unspecified atom stereocenters. The average Bonchev–Trinajstić information content (AvgIpc) is 3.06. The maximum absolute atomic E-state index is 13.3. The van der Waals surface area contributed by atoms with Gasteiger partial charge in [-0.25, -0.2) is 0 Å². The lowest BCUT2D eigenvalue weighted by Crippen LogP contribution is -2.66. The van der Waals surface area contributed by atoms with Crippen LogP contribution in [-0.2, 0) is 11.3 Å². The van der Waals surface area contributed by atoms with Gasteiger partial charge in [-0.2, -0.15) is 5.10 Å². The van der Waals surface area contributed by atoms with Gasteiger partial charge in [-0.1, -0.05) is 0 Å². The first-order chi connectivity index (χ1) is 15.3. The van der Waals surface area contributed by atoms with Gasteiger partial charge in [0.2, 0.25) is 5.91 Å². The first kappa shape index (κ1) is 20.8. The second kappa shape index (κ2) is 7.53. The minimum absolute atomic E-state index is 0.0422. The number of ether oxygens (including phenoxy) is 2. The van der Waals surface area contributed by atoms with E-state index in [0.29, 0.717) is 29.9 Å². The second-order valence-electron chi connectivity index (χ2n) is 9.24.